The second-order valence-electron chi connectivity index (χ2n) is 6.90. The predicted molar refractivity (Wildman–Crippen MR) is 100 cm³/mol. The number of nitrogens with zero attached hydrogens (tertiary/aromatic N) is 1. The lowest BCUT2D eigenvalue weighted by Gasteiger charge is -2.23. The number of benzene rings is 2. The molecule has 6 heteroatoms. The summed E-state index contributed by atoms with van der Waals surface area (Å²) < 4.78 is 0. The molecule has 1 fully saturated rings. The van der Waals surface area contributed by atoms with E-state index in [0.717, 1.165) is 12.2 Å². The van der Waals surface area contributed by atoms with E-state index in [-0.39, 0.29) is 11.6 Å². The number of hydrogen-bond acceptors (Lipinski definition) is 3. The highest BCUT2D eigenvalue weighted by Crippen LogP contribution is 2.19. The van der Waals surface area contributed by atoms with Gasteiger partial charge in [0.05, 0.1) is 18.0 Å². The quantitative estimate of drug-likeness (QED) is 0.640. The first-order valence-electron chi connectivity index (χ1n) is 9.02. The molecule has 0 atom stereocenters. The number of aryl methyl sites for hydroxylation is 1. The third kappa shape index (κ3) is 4.46. The Morgan fingerprint density at radius 1 is 1.12 bits per heavy atom. The van der Waals surface area contributed by atoms with E-state index in [9.17, 15) is 14.9 Å². The highest BCUT2D eigenvalue weighted by atomic mass is 16.6. The fourth-order valence-electron chi connectivity index (χ4n) is 3.43. The van der Waals surface area contributed by atoms with Gasteiger partial charge in [-0.2, -0.15) is 0 Å². The van der Waals surface area contributed by atoms with Gasteiger partial charge >= 0.3 is 0 Å². The number of nitrogens with one attached hydrogen (secondary N) is 2. The fraction of sp³-hybridized carbons (Fsp3) is 0.350. The molecule has 1 saturated heterocycles. The Hall–Kier alpha value is -2.73. The minimum absolute atomic E-state index is 0.0196. The van der Waals surface area contributed by atoms with Crippen LogP contribution in [0.25, 0.3) is 0 Å². The molecule has 2 N–H and O–H groups in total. The first kappa shape index (κ1) is 18.1. The minimum atomic E-state index is -0.444. The Kier molecular flexibility index (Phi) is 5.63. The average Bonchev–Trinajstić information content (AvgIpc) is 2.64. The van der Waals surface area contributed by atoms with Crippen molar-refractivity contribution in [3.8, 4) is 0 Å². The molecule has 2 aromatic carbocycles. The van der Waals surface area contributed by atoms with Gasteiger partial charge < -0.3 is 10.2 Å². The summed E-state index contributed by atoms with van der Waals surface area (Å²) in [7, 11) is 0. The predicted octanol–water partition coefficient (Wildman–Crippen LogP) is 2.72. The largest absolute Gasteiger partial charge is 0.331 e. The number of quaternary nitrogens is 1. The molecule has 0 aliphatic carbocycles. The summed E-state index contributed by atoms with van der Waals surface area (Å²) in [5, 5.41) is 13.7. The van der Waals surface area contributed by atoms with Gasteiger partial charge in [-0.05, 0) is 50.5 Å². The van der Waals surface area contributed by atoms with Gasteiger partial charge in [-0.3, -0.25) is 14.9 Å². The molecule has 0 unspecified atom stereocenters. The van der Waals surface area contributed by atoms with Gasteiger partial charge in [-0.1, -0.05) is 12.1 Å². The van der Waals surface area contributed by atoms with E-state index in [2.05, 4.69) is 17.4 Å². The van der Waals surface area contributed by atoms with E-state index < -0.39 is 4.92 Å². The Balaban J connectivity index is 1.62. The number of likely N-dealkylation sites (tertiary alicyclic amines) is 1. The number of nitro groups is 1. The van der Waals surface area contributed by atoms with Crippen molar-refractivity contribution in [2.24, 2.45) is 0 Å². The minimum Gasteiger partial charge on any atom is -0.331 e. The molecule has 2 aromatic rings. The zero-order chi connectivity index (χ0) is 18.5. The second kappa shape index (κ2) is 8.10. The van der Waals surface area contributed by atoms with E-state index >= 15 is 0 Å². The smallest absolute Gasteiger partial charge is 0.272 e. The van der Waals surface area contributed by atoms with E-state index in [1.54, 1.807) is 17.9 Å². The summed E-state index contributed by atoms with van der Waals surface area (Å²) in [6.45, 7) is 5.12. The number of nitro benzene ring substituents is 1. The van der Waals surface area contributed by atoms with Crippen LogP contribution in [0.3, 0.4) is 0 Å². The summed E-state index contributed by atoms with van der Waals surface area (Å²) in [5.41, 5.74) is 2.90. The number of amides is 1. The molecular weight excluding hydrogens is 330 g/mol. The maximum Gasteiger partial charge on any atom is 0.272 e. The molecule has 1 heterocycles. The van der Waals surface area contributed by atoms with Crippen molar-refractivity contribution in [1.82, 2.24) is 0 Å². The molecule has 1 amide bonds. The normalized spacial score (nSPS) is 14.8. The van der Waals surface area contributed by atoms with Gasteiger partial charge in [0.2, 0.25) is 0 Å². The molecule has 26 heavy (non-hydrogen) atoms. The molecule has 1 aliphatic rings. The SMILES string of the molecule is Cc1cc(C(=O)Nc2ccc(C[NH+]3CCCCC3)cc2)ccc1[N+](=O)[O-]. The van der Waals surface area contributed by atoms with E-state index in [0.29, 0.717) is 11.1 Å². The molecule has 6 nitrogen and oxygen atoms in total. The molecule has 0 radical (unpaired) electrons. The molecule has 3 rings (SSSR count). The van der Waals surface area contributed by atoms with Crippen molar-refractivity contribution in [2.45, 2.75) is 32.7 Å². The van der Waals surface area contributed by atoms with Gasteiger partial charge in [0.25, 0.3) is 11.6 Å². The van der Waals surface area contributed by atoms with Gasteiger partial charge in [0, 0.05) is 28.4 Å². The lowest BCUT2D eigenvalue weighted by atomic mass is 10.1. The zero-order valence-electron chi connectivity index (χ0n) is 15.0. The van der Waals surface area contributed by atoms with Crippen molar-refractivity contribution in [1.29, 1.82) is 0 Å². The van der Waals surface area contributed by atoms with Crippen LogP contribution in [-0.4, -0.2) is 23.9 Å². The van der Waals surface area contributed by atoms with Crippen molar-refractivity contribution in [2.75, 3.05) is 18.4 Å². The molecule has 136 valence electrons. The first-order valence-corrected chi connectivity index (χ1v) is 9.02. The maximum absolute atomic E-state index is 12.4. The standard InChI is InChI=1S/C20H23N3O3/c1-15-13-17(7-10-19(15)23(25)26)20(24)21-18-8-5-16(6-9-18)14-22-11-3-2-4-12-22/h5-10,13H,2-4,11-12,14H2,1H3,(H,21,24)/p+1. The molecular formula is C20H24N3O3+. The molecule has 0 bridgehead atoms. The van der Waals surface area contributed by atoms with Gasteiger partial charge in [0.15, 0.2) is 0 Å². The summed E-state index contributed by atoms with van der Waals surface area (Å²) in [6.07, 6.45) is 3.95. The highest BCUT2D eigenvalue weighted by Gasteiger charge is 2.15. The van der Waals surface area contributed by atoms with E-state index in [1.807, 2.05) is 12.1 Å². The number of hydrogen-bond donors (Lipinski definition) is 2. The highest BCUT2D eigenvalue weighted by molar-refractivity contribution is 6.04. The van der Waals surface area contributed by atoms with Gasteiger partial charge in [0.1, 0.15) is 6.54 Å². The third-order valence-electron chi connectivity index (χ3n) is 4.88. The van der Waals surface area contributed by atoms with Crippen LogP contribution in [0.15, 0.2) is 42.5 Å². The number of piperidine rings is 1. The topological polar surface area (TPSA) is 76.7 Å². The Morgan fingerprint density at radius 2 is 1.81 bits per heavy atom. The summed E-state index contributed by atoms with van der Waals surface area (Å²) in [5.74, 6) is -0.266. The zero-order valence-corrected chi connectivity index (χ0v) is 15.0. The van der Waals surface area contributed by atoms with Crippen LogP contribution >= 0.6 is 0 Å². The second-order valence-corrected chi connectivity index (χ2v) is 6.90. The van der Waals surface area contributed by atoms with E-state index in [1.165, 1.54) is 50.0 Å². The van der Waals surface area contributed by atoms with Crippen LogP contribution in [0.5, 0.6) is 0 Å². The summed E-state index contributed by atoms with van der Waals surface area (Å²) >= 11 is 0. The van der Waals surface area contributed by atoms with Crippen LogP contribution in [0.1, 0.15) is 40.7 Å². The maximum atomic E-state index is 12.4. The number of carbonyl (C=O) groups excluding carboxylic acids is 1. The van der Waals surface area contributed by atoms with Crippen LogP contribution in [-0.2, 0) is 6.54 Å². The summed E-state index contributed by atoms with van der Waals surface area (Å²) in [6, 6.07) is 12.3. The fourth-order valence-corrected chi connectivity index (χ4v) is 3.43. The first-order chi connectivity index (χ1) is 12.5. The van der Waals surface area contributed by atoms with Gasteiger partial charge in [-0.15, -0.1) is 0 Å². The van der Waals surface area contributed by atoms with Crippen LogP contribution in [0.4, 0.5) is 11.4 Å². The number of carbonyl (C=O) groups is 1. The average molecular weight is 354 g/mol. The van der Waals surface area contributed by atoms with Crippen molar-refractivity contribution >= 4 is 17.3 Å². The molecule has 0 spiro atoms. The monoisotopic (exact) mass is 354 g/mol. The van der Waals surface area contributed by atoms with Crippen LogP contribution in [0.2, 0.25) is 0 Å². The van der Waals surface area contributed by atoms with Crippen molar-refractivity contribution in [3.63, 3.8) is 0 Å². The lowest BCUT2D eigenvalue weighted by molar-refractivity contribution is -0.918. The molecule has 0 aromatic heterocycles. The van der Waals surface area contributed by atoms with Crippen LogP contribution in [0, 0.1) is 17.0 Å². The number of rotatable bonds is 5. The Labute approximate surface area is 153 Å². The van der Waals surface area contributed by atoms with Gasteiger partial charge in [-0.25, -0.2) is 0 Å². The Bertz CT molecular complexity index is 796. The lowest BCUT2D eigenvalue weighted by Crippen LogP contribution is -3.11. The molecule has 1 aliphatic heterocycles. The summed E-state index contributed by atoms with van der Waals surface area (Å²) in [4.78, 5) is 24.4. The van der Waals surface area contributed by atoms with E-state index in [4.69, 9.17) is 0 Å². The van der Waals surface area contributed by atoms with Crippen molar-refractivity contribution < 1.29 is 14.6 Å². The number of anilines is 1. The van der Waals surface area contributed by atoms with Crippen molar-refractivity contribution in [3.05, 3.63) is 69.3 Å². The molecule has 0 saturated carbocycles. The third-order valence-corrected chi connectivity index (χ3v) is 4.88. The Morgan fingerprint density at radius 3 is 2.42 bits per heavy atom. The van der Waals surface area contributed by atoms with Crippen LogP contribution < -0.4 is 10.2 Å².